The van der Waals surface area contributed by atoms with Crippen molar-refractivity contribution in [1.82, 2.24) is 9.97 Å². The molecule has 0 atom stereocenters. The Morgan fingerprint density at radius 2 is 1.74 bits per heavy atom. The molecule has 3 aromatic rings. The molecule has 2 heterocycles. The van der Waals surface area contributed by atoms with E-state index in [2.05, 4.69) is 33.5 Å². The van der Waals surface area contributed by atoms with E-state index >= 15 is 0 Å². The third kappa shape index (κ3) is 2.51. The first-order valence-corrected chi connectivity index (χ1v) is 6.39. The van der Waals surface area contributed by atoms with Crippen molar-refractivity contribution in [1.29, 1.82) is 0 Å². The number of hydrogen-bond acceptors (Lipinski definition) is 3. The van der Waals surface area contributed by atoms with Crippen LogP contribution in [-0.2, 0) is 6.54 Å². The molecule has 94 valence electrons. The van der Waals surface area contributed by atoms with Gasteiger partial charge in [0.15, 0.2) is 0 Å². The Hall–Kier alpha value is -2.13. The molecule has 3 nitrogen and oxygen atoms in total. The lowest BCUT2D eigenvalue weighted by atomic mass is 10.1. The summed E-state index contributed by atoms with van der Waals surface area (Å²) in [7, 11) is 0. The molecule has 0 amide bonds. The smallest absolute Gasteiger partial charge is 0.145 e. The SMILES string of the molecule is Clc1cccnc1NCc1cccc2cccnc12. The van der Waals surface area contributed by atoms with Gasteiger partial charge in [0.1, 0.15) is 5.82 Å². The summed E-state index contributed by atoms with van der Waals surface area (Å²) >= 11 is 6.07. The van der Waals surface area contributed by atoms with Gasteiger partial charge in [-0.1, -0.05) is 35.9 Å². The van der Waals surface area contributed by atoms with E-state index in [0.717, 1.165) is 16.5 Å². The predicted octanol–water partition coefficient (Wildman–Crippen LogP) is 3.90. The lowest BCUT2D eigenvalue weighted by molar-refractivity contribution is 1.12. The van der Waals surface area contributed by atoms with Gasteiger partial charge in [-0.2, -0.15) is 0 Å². The topological polar surface area (TPSA) is 37.8 Å². The highest BCUT2D eigenvalue weighted by Crippen LogP contribution is 2.20. The molecule has 0 aliphatic heterocycles. The number of aromatic nitrogens is 2. The standard InChI is InChI=1S/C15H12ClN3/c16-13-7-3-9-18-15(13)19-10-12-5-1-4-11-6-2-8-17-14(11)12/h1-9H,10H2,(H,18,19). The van der Waals surface area contributed by atoms with Crippen molar-refractivity contribution in [2.75, 3.05) is 5.32 Å². The predicted molar refractivity (Wildman–Crippen MR) is 78.3 cm³/mol. The van der Waals surface area contributed by atoms with Gasteiger partial charge in [0.25, 0.3) is 0 Å². The maximum atomic E-state index is 6.07. The molecule has 4 heteroatoms. The Labute approximate surface area is 116 Å². The van der Waals surface area contributed by atoms with Crippen molar-refractivity contribution < 1.29 is 0 Å². The first-order chi connectivity index (χ1) is 9.34. The summed E-state index contributed by atoms with van der Waals surface area (Å²) in [6.07, 6.45) is 3.52. The van der Waals surface area contributed by atoms with Gasteiger partial charge in [0.2, 0.25) is 0 Å². The van der Waals surface area contributed by atoms with Crippen molar-refractivity contribution in [3.05, 3.63) is 65.4 Å². The zero-order valence-corrected chi connectivity index (χ0v) is 10.9. The second kappa shape index (κ2) is 5.24. The molecule has 0 spiro atoms. The lowest BCUT2D eigenvalue weighted by Crippen LogP contribution is -2.02. The van der Waals surface area contributed by atoms with Crippen LogP contribution in [0, 0.1) is 0 Å². The molecule has 0 saturated carbocycles. The van der Waals surface area contributed by atoms with E-state index in [4.69, 9.17) is 11.6 Å². The lowest BCUT2D eigenvalue weighted by Gasteiger charge is -2.09. The van der Waals surface area contributed by atoms with Gasteiger partial charge in [-0.15, -0.1) is 0 Å². The number of para-hydroxylation sites is 1. The maximum absolute atomic E-state index is 6.07. The molecule has 0 unspecified atom stereocenters. The van der Waals surface area contributed by atoms with Crippen LogP contribution in [0.3, 0.4) is 0 Å². The molecule has 0 fully saturated rings. The van der Waals surface area contributed by atoms with E-state index in [1.165, 1.54) is 0 Å². The minimum Gasteiger partial charge on any atom is -0.365 e. The number of hydrogen-bond donors (Lipinski definition) is 1. The summed E-state index contributed by atoms with van der Waals surface area (Å²) in [5.41, 5.74) is 2.13. The molecular formula is C15H12ClN3. The highest BCUT2D eigenvalue weighted by Gasteiger charge is 2.03. The molecule has 3 rings (SSSR count). The van der Waals surface area contributed by atoms with Crippen molar-refractivity contribution >= 4 is 28.3 Å². The molecule has 1 aromatic carbocycles. The quantitative estimate of drug-likeness (QED) is 0.784. The molecule has 0 saturated heterocycles. The number of pyridine rings is 2. The van der Waals surface area contributed by atoms with Crippen LogP contribution < -0.4 is 5.32 Å². The minimum absolute atomic E-state index is 0.621. The van der Waals surface area contributed by atoms with Crippen molar-refractivity contribution in [3.8, 4) is 0 Å². The number of fused-ring (bicyclic) bond motifs is 1. The summed E-state index contributed by atoms with van der Waals surface area (Å²) in [4.78, 5) is 8.63. The fraction of sp³-hybridized carbons (Fsp3) is 0.0667. The Morgan fingerprint density at radius 3 is 2.63 bits per heavy atom. The molecule has 0 aliphatic rings. The normalized spacial score (nSPS) is 10.6. The third-order valence-electron chi connectivity index (χ3n) is 2.92. The van der Waals surface area contributed by atoms with Crippen LogP contribution in [-0.4, -0.2) is 9.97 Å². The Balaban J connectivity index is 1.88. The molecule has 0 radical (unpaired) electrons. The van der Waals surface area contributed by atoms with E-state index in [0.29, 0.717) is 17.4 Å². The van der Waals surface area contributed by atoms with Crippen molar-refractivity contribution in [3.63, 3.8) is 0 Å². The summed E-state index contributed by atoms with van der Waals surface area (Å²) in [5, 5.41) is 4.99. The largest absolute Gasteiger partial charge is 0.365 e. The Morgan fingerprint density at radius 1 is 0.947 bits per heavy atom. The number of nitrogens with one attached hydrogen (secondary N) is 1. The fourth-order valence-corrected chi connectivity index (χ4v) is 2.19. The molecule has 19 heavy (non-hydrogen) atoms. The van der Waals surface area contributed by atoms with Crippen LogP contribution in [0.15, 0.2) is 54.9 Å². The van der Waals surface area contributed by atoms with Crippen LogP contribution in [0.25, 0.3) is 10.9 Å². The summed E-state index contributed by atoms with van der Waals surface area (Å²) < 4.78 is 0. The highest BCUT2D eigenvalue weighted by atomic mass is 35.5. The Kier molecular flexibility index (Phi) is 3.29. The van der Waals surface area contributed by atoms with Gasteiger partial charge in [0.05, 0.1) is 10.5 Å². The molecule has 2 aromatic heterocycles. The van der Waals surface area contributed by atoms with Gasteiger partial charge in [-0.05, 0) is 23.8 Å². The maximum Gasteiger partial charge on any atom is 0.145 e. The fourth-order valence-electron chi connectivity index (χ4n) is 2.00. The van der Waals surface area contributed by atoms with Gasteiger partial charge < -0.3 is 5.32 Å². The summed E-state index contributed by atoms with van der Waals surface area (Å²) in [6, 6.07) is 13.8. The molecular weight excluding hydrogens is 258 g/mol. The second-order valence-corrected chi connectivity index (χ2v) is 4.59. The molecule has 0 bridgehead atoms. The van der Waals surface area contributed by atoms with Crippen molar-refractivity contribution in [2.24, 2.45) is 0 Å². The number of halogens is 1. The first-order valence-electron chi connectivity index (χ1n) is 6.01. The van der Waals surface area contributed by atoms with E-state index in [1.807, 2.05) is 24.3 Å². The van der Waals surface area contributed by atoms with Gasteiger partial charge >= 0.3 is 0 Å². The van der Waals surface area contributed by atoms with Crippen LogP contribution in [0.5, 0.6) is 0 Å². The van der Waals surface area contributed by atoms with E-state index < -0.39 is 0 Å². The third-order valence-corrected chi connectivity index (χ3v) is 3.23. The average molecular weight is 270 g/mol. The first kappa shape index (κ1) is 11.9. The zero-order valence-electron chi connectivity index (χ0n) is 10.2. The minimum atomic E-state index is 0.621. The monoisotopic (exact) mass is 269 g/mol. The Bertz CT molecular complexity index is 707. The van der Waals surface area contributed by atoms with Crippen molar-refractivity contribution in [2.45, 2.75) is 6.54 Å². The second-order valence-electron chi connectivity index (χ2n) is 4.18. The highest BCUT2D eigenvalue weighted by molar-refractivity contribution is 6.32. The number of nitrogens with zero attached hydrogens (tertiary/aromatic N) is 2. The van der Waals surface area contributed by atoms with Crippen LogP contribution >= 0.6 is 11.6 Å². The number of benzene rings is 1. The van der Waals surface area contributed by atoms with E-state index in [1.54, 1.807) is 12.4 Å². The van der Waals surface area contributed by atoms with Gasteiger partial charge in [0, 0.05) is 24.3 Å². The van der Waals surface area contributed by atoms with Gasteiger partial charge in [-0.3, -0.25) is 4.98 Å². The molecule has 0 aliphatic carbocycles. The van der Waals surface area contributed by atoms with Crippen LogP contribution in [0.1, 0.15) is 5.56 Å². The zero-order chi connectivity index (χ0) is 13.1. The van der Waals surface area contributed by atoms with E-state index in [-0.39, 0.29) is 0 Å². The number of rotatable bonds is 3. The van der Waals surface area contributed by atoms with Gasteiger partial charge in [-0.25, -0.2) is 4.98 Å². The summed E-state index contributed by atoms with van der Waals surface area (Å²) in [5.74, 6) is 0.692. The van der Waals surface area contributed by atoms with Crippen LogP contribution in [0.4, 0.5) is 5.82 Å². The average Bonchev–Trinajstić information content (AvgIpc) is 2.46. The number of anilines is 1. The molecule has 1 N–H and O–H groups in total. The van der Waals surface area contributed by atoms with Crippen LogP contribution in [0.2, 0.25) is 5.02 Å². The summed E-state index contributed by atoms with van der Waals surface area (Å²) in [6.45, 7) is 0.644. The van der Waals surface area contributed by atoms with E-state index in [9.17, 15) is 0 Å².